The predicted molar refractivity (Wildman–Crippen MR) is 62.1 cm³/mol. The zero-order valence-corrected chi connectivity index (χ0v) is 14.8. The molecule has 0 radical (unpaired) electrons. The molecule has 1 aromatic rings. The summed E-state index contributed by atoms with van der Waals surface area (Å²) in [5.74, 6) is -3.13. The molecule has 1 saturated heterocycles. The number of ether oxygens (including phenoxy) is 1. The van der Waals surface area contributed by atoms with Crippen molar-refractivity contribution in [3.8, 4) is 0 Å². The molecule has 1 N–H and O–H groups in total. The van der Waals surface area contributed by atoms with Crippen LogP contribution in [0.4, 0.5) is 0 Å². The van der Waals surface area contributed by atoms with Gasteiger partial charge in [0.25, 0.3) is 5.91 Å². The van der Waals surface area contributed by atoms with Gasteiger partial charge in [-0.2, -0.15) is 0 Å². The summed E-state index contributed by atoms with van der Waals surface area (Å²) in [7, 11) is -4.25. The Morgan fingerprint density at radius 2 is 2.13 bits per heavy atom. The van der Waals surface area contributed by atoms with Crippen molar-refractivity contribution in [2.24, 2.45) is 0 Å². The van der Waals surface area contributed by atoms with E-state index in [-0.39, 0.29) is 40.4 Å². The first-order chi connectivity index (χ1) is 10.3. The molecule has 1 aromatic heterocycles. The smallest absolute Gasteiger partial charge is 0.731 e. The van der Waals surface area contributed by atoms with Crippen molar-refractivity contribution in [3.05, 3.63) is 6.33 Å². The van der Waals surface area contributed by atoms with E-state index in [1.165, 1.54) is 0 Å². The van der Waals surface area contributed by atoms with Crippen LogP contribution in [0.15, 0.2) is 6.33 Å². The van der Waals surface area contributed by atoms with Gasteiger partial charge in [-0.3, -0.25) is 9.59 Å². The predicted octanol–water partition coefficient (Wildman–Crippen LogP) is -6.99. The van der Waals surface area contributed by atoms with Crippen LogP contribution in [0.2, 0.25) is 0 Å². The molecule has 0 unspecified atom stereocenters. The average Bonchev–Trinajstić information content (AvgIpc) is 2.92. The van der Waals surface area contributed by atoms with Crippen LogP contribution in [0.3, 0.4) is 0 Å². The van der Waals surface area contributed by atoms with Gasteiger partial charge in [0.2, 0.25) is 5.91 Å². The molecule has 0 aromatic carbocycles. The molecule has 15 heteroatoms. The zero-order valence-electron chi connectivity index (χ0n) is 11.9. The van der Waals surface area contributed by atoms with Crippen molar-refractivity contribution < 1.29 is 61.6 Å². The van der Waals surface area contributed by atoms with Gasteiger partial charge in [-0.1, -0.05) is 0 Å². The van der Waals surface area contributed by atoms with E-state index in [1.807, 2.05) is 0 Å². The van der Waals surface area contributed by atoms with Crippen LogP contribution in [0, 0.1) is 0 Å². The van der Waals surface area contributed by atoms with Crippen LogP contribution in [-0.4, -0.2) is 74.5 Å². The van der Waals surface area contributed by atoms with Crippen LogP contribution in [0.5, 0.6) is 0 Å². The molecular weight excluding hydrogens is 347 g/mol. The van der Waals surface area contributed by atoms with Crippen LogP contribution in [0.1, 0.15) is 0 Å². The number of hydrogen-bond donors (Lipinski definition) is 1. The maximum Gasteiger partial charge on any atom is 1.00 e. The number of carbonyl (C=O) groups is 3. The Balaban J connectivity index is 0.00000264. The number of methoxy groups -OCH3 is 1. The summed E-state index contributed by atoms with van der Waals surface area (Å²) in [6.45, 7) is -0.366. The molecule has 0 spiro atoms. The number of nitrogens with zero attached hydrogens (tertiary/aromatic N) is 5. The van der Waals surface area contributed by atoms with Gasteiger partial charge in [-0.15, -0.1) is 5.10 Å². The summed E-state index contributed by atoms with van der Waals surface area (Å²) < 4.78 is 38.0. The normalized spacial score (nSPS) is 20.3. The monoisotopic (exact) mass is 356 g/mol. The zero-order chi connectivity index (χ0) is 16.5. The van der Waals surface area contributed by atoms with E-state index in [9.17, 15) is 27.4 Å². The van der Waals surface area contributed by atoms with Gasteiger partial charge >= 0.3 is 35.5 Å². The first-order valence-corrected chi connectivity index (χ1v) is 6.99. The van der Waals surface area contributed by atoms with Gasteiger partial charge < -0.3 is 14.6 Å². The Kier molecular flexibility index (Phi) is 6.18. The molecule has 2 amide bonds. The van der Waals surface area contributed by atoms with E-state index in [4.69, 9.17) is 0 Å². The number of aromatic nitrogens is 4. The van der Waals surface area contributed by atoms with Crippen molar-refractivity contribution in [2.75, 3.05) is 7.11 Å². The molecule has 0 bridgehead atoms. The van der Waals surface area contributed by atoms with Crippen LogP contribution in [0.25, 0.3) is 0 Å². The second-order valence-corrected chi connectivity index (χ2v) is 5.36. The fourth-order valence-electron chi connectivity index (χ4n) is 1.82. The average molecular weight is 356 g/mol. The summed E-state index contributed by atoms with van der Waals surface area (Å²) in [6, 6.07) is -3.25. The molecule has 13 nitrogen and oxygen atoms in total. The summed E-state index contributed by atoms with van der Waals surface area (Å²) >= 11 is 0. The number of esters is 1. The number of nitrogens with one attached hydrogen (secondary N) is 1. The van der Waals surface area contributed by atoms with Crippen LogP contribution in [-0.2, 0) is 36.0 Å². The number of rotatable bonds is 5. The molecule has 2 atom stereocenters. The number of hydrogen-bond acceptors (Lipinski definition) is 10. The van der Waals surface area contributed by atoms with Crippen LogP contribution >= 0.6 is 0 Å². The second-order valence-electron chi connectivity index (χ2n) is 4.11. The van der Waals surface area contributed by atoms with Crippen molar-refractivity contribution in [3.63, 3.8) is 0 Å². The third-order valence-electron chi connectivity index (χ3n) is 2.75. The molecule has 2 heterocycles. The fraction of sp³-hybridized carbons (Fsp3) is 0.500. The molecule has 1 aliphatic rings. The maximum absolute atomic E-state index is 11.7. The van der Waals surface area contributed by atoms with Crippen LogP contribution < -0.4 is 34.9 Å². The topological polar surface area (TPSA) is 177 Å². The Labute approximate surface area is 151 Å². The first kappa shape index (κ1) is 19.4. The third-order valence-corrected chi connectivity index (χ3v) is 3.64. The van der Waals surface area contributed by atoms with E-state index < -0.39 is 40.2 Å². The quantitative estimate of drug-likeness (QED) is 0.231. The Morgan fingerprint density at radius 3 is 2.61 bits per heavy atom. The summed E-state index contributed by atoms with van der Waals surface area (Å²) in [4.78, 5) is 34.8. The van der Waals surface area contributed by atoms with E-state index >= 15 is 0 Å². The summed E-state index contributed by atoms with van der Waals surface area (Å²) in [6.07, 6.45) is 1.13. The molecule has 0 aliphatic carbocycles. The van der Waals surface area contributed by atoms with E-state index in [0.29, 0.717) is 0 Å². The SMILES string of the molecule is COC(=O)[C@H]1[C@@H](NC(=O)Cn2cnnn2)C(=O)N1S(=O)(=O)[O-].[Na+]. The molecule has 0 saturated carbocycles. The minimum Gasteiger partial charge on any atom is -0.731 e. The largest absolute Gasteiger partial charge is 1.00 e. The Morgan fingerprint density at radius 1 is 1.48 bits per heavy atom. The third kappa shape index (κ3) is 4.03. The molecule has 120 valence electrons. The first-order valence-electron chi connectivity index (χ1n) is 5.62. The van der Waals surface area contributed by atoms with Gasteiger partial charge in [0.05, 0.1) is 7.11 Å². The second kappa shape index (κ2) is 7.31. The van der Waals surface area contributed by atoms with Crippen molar-refractivity contribution in [1.82, 2.24) is 29.8 Å². The molecule has 2 rings (SSSR count). The van der Waals surface area contributed by atoms with Gasteiger partial charge in [0.15, 0.2) is 16.3 Å². The van der Waals surface area contributed by atoms with Crippen molar-refractivity contribution in [1.29, 1.82) is 0 Å². The summed E-state index contributed by atoms with van der Waals surface area (Å²) in [5.41, 5.74) is 0. The van der Waals surface area contributed by atoms with Gasteiger partial charge in [-0.25, -0.2) is 22.2 Å². The number of β-lactam (4-membered cyclic amide) rings is 1. The molecule has 23 heavy (non-hydrogen) atoms. The van der Waals surface area contributed by atoms with E-state index in [0.717, 1.165) is 18.1 Å². The number of tetrazole rings is 1. The molecular formula is C8H9N6NaO7S. The van der Waals surface area contributed by atoms with Crippen molar-refractivity contribution in [2.45, 2.75) is 18.6 Å². The Hall–Kier alpha value is -1.61. The standard InChI is InChI=1S/C8H10N6O7S.Na/c1-21-8(17)6-5(7(16)14(6)22(18,19)20)10-4(15)2-13-3-9-11-12-13;/h3,5-6H,2H2,1H3,(H,10,15)(H,18,19,20);/q;+1/p-1/t5-,6-;/m1./s1. The van der Waals surface area contributed by atoms with E-state index in [1.54, 1.807) is 0 Å². The van der Waals surface area contributed by atoms with Crippen molar-refractivity contribution >= 4 is 28.1 Å². The van der Waals surface area contributed by atoms with E-state index in [2.05, 4.69) is 25.6 Å². The molecule has 1 fully saturated rings. The van der Waals surface area contributed by atoms with Gasteiger partial charge in [0.1, 0.15) is 18.9 Å². The molecule has 1 aliphatic heterocycles. The number of amides is 2. The fourth-order valence-corrected chi connectivity index (χ4v) is 2.64. The minimum atomic E-state index is -5.19. The Bertz CT molecular complexity index is 707. The minimum absolute atomic E-state index is 0. The summed E-state index contributed by atoms with van der Waals surface area (Å²) in [5, 5.41) is 12.1. The maximum atomic E-state index is 11.7. The number of carbonyl (C=O) groups excluding carboxylic acids is 3. The van der Waals surface area contributed by atoms with Gasteiger partial charge in [-0.05, 0) is 10.4 Å². The van der Waals surface area contributed by atoms with Gasteiger partial charge in [0, 0.05) is 0 Å².